The average Bonchev–Trinajstić information content (AvgIpc) is 2.10. The molecule has 0 atom stereocenters. The smallest absolute Gasteiger partial charge is 0.0431 e. The van der Waals surface area contributed by atoms with E-state index >= 15 is 0 Å². The zero-order valence-corrected chi connectivity index (χ0v) is 8.05. The summed E-state index contributed by atoms with van der Waals surface area (Å²) in [6.45, 7) is 4.53. The third-order valence-electron chi connectivity index (χ3n) is 1.74. The summed E-state index contributed by atoms with van der Waals surface area (Å²) < 4.78 is 0. The van der Waals surface area contributed by atoms with Crippen LogP contribution in [0.5, 0.6) is 0 Å². The van der Waals surface area contributed by atoms with E-state index in [9.17, 15) is 0 Å². The Labute approximate surface area is 75.7 Å². The van der Waals surface area contributed by atoms with Gasteiger partial charge in [-0.05, 0) is 45.7 Å². The maximum Gasteiger partial charge on any atom is 0.0431 e. The number of allylic oxidation sites excluding steroid dienone is 1. The van der Waals surface area contributed by atoms with E-state index in [0.717, 1.165) is 32.4 Å². The summed E-state index contributed by atoms with van der Waals surface area (Å²) in [4.78, 5) is 0. The monoisotopic (exact) mass is 171 g/mol. The van der Waals surface area contributed by atoms with Crippen molar-refractivity contribution < 1.29 is 5.11 Å². The quantitative estimate of drug-likeness (QED) is 0.430. The Morgan fingerprint density at radius 2 is 2.00 bits per heavy atom. The van der Waals surface area contributed by atoms with Crippen molar-refractivity contribution in [1.29, 1.82) is 0 Å². The summed E-state index contributed by atoms with van der Waals surface area (Å²) >= 11 is 0. The summed E-state index contributed by atoms with van der Waals surface area (Å²) in [5, 5.41) is 11.9. The van der Waals surface area contributed by atoms with Gasteiger partial charge in [-0.2, -0.15) is 0 Å². The van der Waals surface area contributed by atoms with E-state index in [4.69, 9.17) is 5.11 Å². The molecule has 0 aliphatic heterocycles. The third-order valence-corrected chi connectivity index (χ3v) is 1.74. The minimum absolute atomic E-state index is 0.332. The van der Waals surface area contributed by atoms with E-state index in [0.29, 0.717) is 6.61 Å². The van der Waals surface area contributed by atoms with Gasteiger partial charge in [0.1, 0.15) is 0 Å². The minimum atomic E-state index is 0.332. The van der Waals surface area contributed by atoms with Crippen molar-refractivity contribution in [2.75, 3.05) is 19.7 Å². The first-order chi connectivity index (χ1) is 5.91. The molecule has 0 spiro atoms. The van der Waals surface area contributed by atoms with E-state index in [1.165, 1.54) is 6.42 Å². The van der Waals surface area contributed by atoms with Gasteiger partial charge < -0.3 is 10.4 Å². The van der Waals surface area contributed by atoms with Gasteiger partial charge in [-0.1, -0.05) is 12.2 Å². The highest BCUT2D eigenvalue weighted by molar-refractivity contribution is 4.77. The highest BCUT2D eigenvalue weighted by Crippen LogP contribution is 1.91. The van der Waals surface area contributed by atoms with Crippen LogP contribution in [0.2, 0.25) is 0 Å². The Hall–Kier alpha value is -0.340. The van der Waals surface area contributed by atoms with E-state index < -0.39 is 0 Å². The summed E-state index contributed by atoms with van der Waals surface area (Å²) in [5.74, 6) is 0. The van der Waals surface area contributed by atoms with Crippen molar-refractivity contribution in [2.45, 2.75) is 32.6 Å². The molecule has 72 valence electrons. The van der Waals surface area contributed by atoms with Crippen molar-refractivity contribution in [2.24, 2.45) is 0 Å². The molecule has 2 nitrogen and oxygen atoms in total. The first-order valence-electron chi connectivity index (χ1n) is 4.84. The number of hydrogen-bond acceptors (Lipinski definition) is 2. The molecule has 0 saturated carbocycles. The molecule has 0 bridgehead atoms. The van der Waals surface area contributed by atoms with Gasteiger partial charge in [-0.3, -0.25) is 0 Å². The molecule has 0 saturated heterocycles. The lowest BCUT2D eigenvalue weighted by Crippen LogP contribution is -2.16. The Morgan fingerprint density at radius 1 is 1.17 bits per heavy atom. The predicted octanol–water partition coefficient (Wildman–Crippen LogP) is 1.70. The van der Waals surface area contributed by atoms with E-state index in [1.807, 2.05) is 6.92 Å². The molecule has 2 heteroatoms. The summed E-state index contributed by atoms with van der Waals surface area (Å²) in [5.41, 5.74) is 0. The molecule has 0 rings (SSSR count). The van der Waals surface area contributed by atoms with Gasteiger partial charge in [-0.25, -0.2) is 0 Å². The fourth-order valence-electron chi connectivity index (χ4n) is 1.02. The van der Waals surface area contributed by atoms with Crippen molar-refractivity contribution in [3.05, 3.63) is 12.2 Å². The molecule has 12 heavy (non-hydrogen) atoms. The molecule has 2 N–H and O–H groups in total. The normalized spacial score (nSPS) is 11.2. The number of hydrogen-bond donors (Lipinski definition) is 2. The van der Waals surface area contributed by atoms with Crippen LogP contribution in [-0.4, -0.2) is 24.8 Å². The average molecular weight is 171 g/mol. The second-order valence-corrected chi connectivity index (χ2v) is 2.89. The van der Waals surface area contributed by atoms with Crippen molar-refractivity contribution in [3.8, 4) is 0 Å². The van der Waals surface area contributed by atoms with Crippen LogP contribution < -0.4 is 5.32 Å². The Balaban J connectivity index is 2.81. The lowest BCUT2D eigenvalue weighted by molar-refractivity contribution is 0.283. The second kappa shape index (κ2) is 10.7. The molecule has 0 fully saturated rings. The van der Waals surface area contributed by atoms with Crippen molar-refractivity contribution in [1.82, 2.24) is 5.32 Å². The van der Waals surface area contributed by atoms with Gasteiger partial charge in [0.25, 0.3) is 0 Å². The zero-order chi connectivity index (χ0) is 9.07. The fraction of sp³-hybridized carbons (Fsp3) is 0.800. The molecule has 0 aromatic rings. The van der Waals surface area contributed by atoms with Crippen LogP contribution in [0, 0.1) is 0 Å². The fourth-order valence-corrected chi connectivity index (χ4v) is 1.02. The molecular weight excluding hydrogens is 150 g/mol. The molecule has 0 aliphatic carbocycles. The highest BCUT2D eigenvalue weighted by atomic mass is 16.2. The Kier molecular flexibility index (Phi) is 10.4. The molecule has 0 unspecified atom stereocenters. The number of aliphatic hydroxyl groups is 1. The number of rotatable bonds is 8. The Morgan fingerprint density at radius 3 is 2.67 bits per heavy atom. The largest absolute Gasteiger partial charge is 0.396 e. The van der Waals surface area contributed by atoms with Gasteiger partial charge in [0.2, 0.25) is 0 Å². The first-order valence-corrected chi connectivity index (χ1v) is 4.84. The predicted molar refractivity (Wildman–Crippen MR) is 53.2 cm³/mol. The SMILES string of the molecule is C/C=C/CCNCCCCCO. The van der Waals surface area contributed by atoms with Gasteiger partial charge in [0.05, 0.1) is 0 Å². The van der Waals surface area contributed by atoms with Crippen molar-refractivity contribution in [3.63, 3.8) is 0 Å². The van der Waals surface area contributed by atoms with Crippen LogP contribution in [0.4, 0.5) is 0 Å². The van der Waals surface area contributed by atoms with Gasteiger partial charge in [0, 0.05) is 6.61 Å². The molecule has 0 aromatic carbocycles. The van der Waals surface area contributed by atoms with Crippen LogP contribution in [0.15, 0.2) is 12.2 Å². The molecular formula is C10H21NO. The minimum Gasteiger partial charge on any atom is -0.396 e. The number of aliphatic hydroxyl groups excluding tert-OH is 1. The maximum atomic E-state index is 8.51. The molecule has 0 heterocycles. The maximum absolute atomic E-state index is 8.51. The van der Waals surface area contributed by atoms with Crippen LogP contribution in [-0.2, 0) is 0 Å². The lowest BCUT2D eigenvalue weighted by Gasteiger charge is -2.01. The third kappa shape index (κ3) is 9.66. The first kappa shape index (κ1) is 11.7. The number of nitrogens with one attached hydrogen (secondary N) is 1. The van der Waals surface area contributed by atoms with Crippen LogP contribution in [0.1, 0.15) is 32.6 Å². The van der Waals surface area contributed by atoms with Crippen LogP contribution >= 0.6 is 0 Å². The number of unbranched alkanes of at least 4 members (excludes halogenated alkanes) is 2. The van der Waals surface area contributed by atoms with Gasteiger partial charge >= 0.3 is 0 Å². The standard InChI is InChI=1S/C10H21NO/c1-2-3-5-8-11-9-6-4-7-10-12/h2-3,11-12H,4-10H2,1H3/b3-2+. The molecule has 0 amide bonds. The molecule has 0 radical (unpaired) electrons. The Bertz CT molecular complexity index is 102. The van der Waals surface area contributed by atoms with Gasteiger partial charge in [-0.15, -0.1) is 0 Å². The van der Waals surface area contributed by atoms with E-state index in [2.05, 4.69) is 17.5 Å². The van der Waals surface area contributed by atoms with Crippen LogP contribution in [0.3, 0.4) is 0 Å². The summed E-state index contributed by atoms with van der Waals surface area (Å²) in [7, 11) is 0. The molecule has 0 aliphatic rings. The van der Waals surface area contributed by atoms with E-state index in [1.54, 1.807) is 0 Å². The second-order valence-electron chi connectivity index (χ2n) is 2.89. The summed E-state index contributed by atoms with van der Waals surface area (Å²) in [6.07, 6.45) is 8.62. The van der Waals surface area contributed by atoms with E-state index in [-0.39, 0.29) is 0 Å². The topological polar surface area (TPSA) is 32.3 Å². The summed E-state index contributed by atoms with van der Waals surface area (Å²) in [6, 6.07) is 0. The van der Waals surface area contributed by atoms with Crippen molar-refractivity contribution >= 4 is 0 Å². The molecule has 0 aromatic heterocycles. The van der Waals surface area contributed by atoms with Crippen LogP contribution in [0.25, 0.3) is 0 Å². The lowest BCUT2D eigenvalue weighted by atomic mass is 10.2. The van der Waals surface area contributed by atoms with Gasteiger partial charge in [0.15, 0.2) is 0 Å². The zero-order valence-electron chi connectivity index (χ0n) is 8.05. The highest BCUT2D eigenvalue weighted by Gasteiger charge is 1.87.